The van der Waals surface area contributed by atoms with Gasteiger partial charge in [0.2, 0.25) is 0 Å². The lowest BCUT2D eigenvalue weighted by atomic mass is 9.85. The highest BCUT2D eigenvalue weighted by atomic mass is 16.3. The molecule has 1 aliphatic heterocycles. The summed E-state index contributed by atoms with van der Waals surface area (Å²) in [7, 11) is 0. The molecule has 1 aromatic carbocycles. The molecule has 2 bridgehead atoms. The van der Waals surface area contributed by atoms with E-state index in [1.807, 2.05) is 12.2 Å². The van der Waals surface area contributed by atoms with Gasteiger partial charge in [0, 0.05) is 0 Å². The molecule has 6 nitrogen and oxygen atoms in total. The minimum atomic E-state index is -0.276. The van der Waals surface area contributed by atoms with E-state index in [-0.39, 0.29) is 47.0 Å². The average Bonchev–Trinajstić information content (AvgIpc) is 3.16. The fourth-order valence-corrected chi connectivity index (χ4v) is 3.75. The number of phenolic OH excluding ortho intramolecular Hbond substituents is 2. The summed E-state index contributed by atoms with van der Waals surface area (Å²) >= 11 is 0. The van der Waals surface area contributed by atoms with Crippen molar-refractivity contribution in [1.29, 1.82) is 0 Å². The SMILES string of the molecule is O=C1[C@@H]2[C@H](C(=O)N1/N=C/c1ccc(O)c(O)c1)[C@H]1C=C[C@@H]2C1. The van der Waals surface area contributed by atoms with Gasteiger partial charge in [-0.1, -0.05) is 12.2 Å². The fourth-order valence-electron chi connectivity index (χ4n) is 3.75. The molecule has 112 valence electrons. The zero-order valence-corrected chi connectivity index (χ0v) is 11.6. The number of amides is 2. The summed E-state index contributed by atoms with van der Waals surface area (Å²) in [4.78, 5) is 24.8. The Labute approximate surface area is 126 Å². The number of benzene rings is 1. The molecule has 0 spiro atoms. The van der Waals surface area contributed by atoms with Crippen LogP contribution in [0.2, 0.25) is 0 Å². The highest BCUT2D eigenvalue weighted by molar-refractivity contribution is 6.06. The molecule has 22 heavy (non-hydrogen) atoms. The molecular formula is C16H14N2O4. The molecule has 1 aromatic rings. The lowest BCUT2D eigenvalue weighted by Crippen LogP contribution is -2.28. The Kier molecular flexibility index (Phi) is 2.63. The highest BCUT2D eigenvalue weighted by Crippen LogP contribution is 2.52. The Morgan fingerprint density at radius 2 is 1.68 bits per heavy atom. The van der Waals surface area contributed by atoms with Gasteiger partial charge in [-0.15, -0.1) is 0 Å². The van der Waals surface area contributed by atoms with Crippen molar-refractivity contribution in [1.82, 2.24) is 5.01 Å². The van der Waals surface area contributed by atoms with Crippen LogP contribution in [-0.4, -0.2) is 33.3 Å². The maximum Gasteiger partial charge on any atom is 0.254 e. The Morgan fingerprint density at radius 3 is 2.27 bits per heavy atom. The molecule has 4 rings (SSSR count). The summed E-state index contributed by atoms with van der Waals surface area (Å²) in [5.74, 6) is -1.23. The molecule has 2 aliphatic carbocycles. The van der Waals surface area contributed by atoms with E-state index in [4.69, 9.17) is 0 Å². The summed E-state index contributed by atoms with van der Waals surface area (Å²) in [5.41, 5.74) is 0.494. The molecule has 6 heteroatoms. The first kappa shape index (κ1) is 13.1. The fraction of sp³-hybridized carbons (Fsp3) is 0.312. The van der Waals surface area contributed by atoms with E-state index in [2.05, 4.69) is 5.10 Å². The quantitative estimate of drug-likeness (QED) is 0.372. The van der Waals surface area contributed by atoms with Gasteiger partial charge in [-0.2, -0.15) is 10.1 Å². The van der Waals surface area contributed by atoms with E-state index in [0.717, 1.165) is 11.4 Å². The Balaban J connectivity index is 1.59. The van der Waals surface area contributed by atoms with Crippen LogP contribution in [0.25, 0.3) is 0 Å². The van der Waals surface area contributed by atoms with E-state index >= 15 is 0 Å². The van der Waals surface area contributed by atoms with Crippen molar-refractivity contribution in [3.63, 3.8) is 0 Å². The van der Waals surface area contributed by atoms with Gasteiger partial charge in [-0.25, -0.2) is 0 Å². The monoisotopic (exact) mass is 298 g/mol. The van der Waals surface area contributed by atoms with Crippen molar-refractivity contribution in [2.45, 2.75) is 6.42 Å². The van der Waals surface area contributed by atoms with Gasteiger partial charge < -0.3 is 10.2 Å². The molecule has 1 saturated carbocycles. The van der Waals surface area contributed by atoms with Crippen molar-refractivity contribution >= 4 is 18.0 Å². The smallest absolute Gasteiger partial charge is 0.254 e. The third kappa shape index (κ3) is 1.70. The predicted molar refractivity (Wildman–Crippen MR) is 76.9 cm³/mol. The van der Waals surface area contributed by atoms with Crippen molar-refractivity contribution in [2.24, 2.45) is 28.8 Å². The van der Waals surface area contributed by atoms with Gasteiger partial charge in [-0.3, -0.25) is 9.59 Å². The van der Waals surface area contributed by atoms with Crippen LogP contribution in [0.5, 0.6) is 11.5 Å². The van der Waals surface area contributed by atoms with Crippen molar-refractivity contribution in [3.05, 3.63) is 35.9 Å². The molecule has 2 N–H and O–H groups in total. The Morgan fingerprint density at radius 1 is 1.05 bits per heavy atom. The molecule has 0 radical (unpaired) electrons. The van der Waals surface area contributed by atoms with Gasteiger partial charge >= 0.3 is 0 Å². The number of aromatic hydroxyl groups is 2. The number of hydrogen-bond acceptors (Lipinski definition) is 5. The first-order valence-electron chi connectivity index (χ1n) is 7.18. The summed E-state index contributed by atoms with van der Waals surface area (Å²) < 4.78 is 0. The first-order valence-corrected chi connectivity index (χ1v) is 7.18. The first-order chi connectivity index (χ1) is 10.6. The van der Waals surface area contributed by atoms with Gasteiger partial charge in [0.05, 0.1) is 18.1 Å². The Hall–Kier alpha value is -2.63. The van der Waals surface area contributed by atoms with Gasteiger partial charge in [-0.05, 0) is 42.0 Å². The number of nitrogens with zero attached hydrogens (tertiary/aromatic N) is 2. The van der Waals surface area contributed by atoms with Crippen molar-refractivity contribution in [2.75, 3.05) is 0 Å². The topological polar surface area (TPSA) is 90.2 Å². The van der Waals surface area contributed by atoms with Crippen molar-refractivity contribution in [3.8, 4) is 11.5 Å². The van der Waals surface area contributed by atoms with E-state index < -0.39 is 0 Å². The minimum absolute atomic E-state index is 0.157. The van der Waals surface area contributed by atoms with Crippen LogP contribution in [0.4, 0.5) is 0 Å². The number of carbonyl (C=O) groups excluding carboxylic acids is 2. The van der Waals surface area contributed by atoms with Crippen molar-refractivity contribution < 1.29 is 19.8 Å². The lowest BCUT2D eigenvalue weighted by Gasteiger charge is -2.13. The molecule has 3 aliphatic rings. The van der Waals surface area contributed by atoms with Crippen LogP contribution in [-0.2, 0) is 9.59 Å². The lowest BCUT2D eigenvalue weighted by molar-refractivity contribution is -0.140. The predicted octanol–water partition coefficient (Wildman–Crippen LogP) is 1.24. The molecule has 2 amide bonds. The number of imide groups is 1. The molecule has 4 atom stereocenters. The third-order valence-electron chi connectivity index (χ3n) is 4.77. The Bertz CT molecular complexity index is 710. The van der Waals surface area contributed by atoms with E-state index in [9.17, 15) is 19.8 Å². The number of rotatable bonds is 2. The molecule has 1 heterocycles. The van der Waals surface area contributed by atoms with Gasteiger partial charge in [0.25, 0.3) is 11.8 Å². The second-order valence-electron chi connectivity index (χ2n) is 5.98. The number of phenols is 2. The molecule has 1 saturated heterocycles. The van der Waals surface area contributed by atoms with Crippen LogP contribution >= 0.6 is 0 Å². The number of allylic oxidation sites excluding steroid dienone is 2. The van der Waals surface area contributed by atoms with Crippen LogP contribution in [0.15, 0.2) is 35.5 Å². The number of hydrogen-bond donors (Lipinski definition) is 2. The maximum absolute atomic E-state index is 12.4. The second-order valence-corrected chi connectivity index (χ2v) is 5.98. The number of hydrazone groups is 1. The third-order valence-corrected chi connectivity index (χ3v) is 4.77. The minimum Gasteiger partial charge on any atom is -0.504 e. The van der Waals surface area contributed by atoms with Crippen LogP contribution < -0.4 is 0 Å². The maximum atomic E-state index is 12.4. The number of fused-ring (bicyclic) bond motifs is 5. The van der Waals surface area contributed by atoms with Crippen LogP contribution in [0, 0.1) is 23.7 Å². The highest BCUT2D eigenvalue weighted by Gasteiger charge is 2.59. The molecular weight excluding hydrogens is 284 g/mol. The largest absolute Gasteiger partial charge is 0.504 e. The van der Waals surface area contributed by atoms with Gasteiger partial charge in [0.1, 0.15) is 0 Å². The molecule has 0 aromatic heterocycles. The summed E-state index contributed by atoms with van der Waals surface area (Å²) in [6, 6.07) is 4.18. The second kappa shape index (κ2) is 4.43. The summed E-state index contributed by atoms with van der Waals surface area (Å²) in [6.07, 6.45) is 6.28. The molecule has 0 unspecified atom stereocenters. The summed E-state index contributed by atoms with van der Waals surface area (Å²) in [6.45, 7) is 0. The summed E-state index contributed by atoms with van der Waals surface area (Å²) in [5, 5.41) is 23.6. The van der Waals surface area contributed by atoms with Crippen LogP contribution in [0.1, 0.15) is 12.0 Å². The number of carbonyl (C=O) groups is 2. The van der Waals surface area contributed by atoms with E-state index in [1.165, 1.54) is 24.4 Å². The van der Waals surface area contributed by atoms with Crippen LogP contribution in [0.3, 0.4) is 0 Å². The average molecular weight is 298 g/mol. The normalized spacial score (nSPS) is 32.5. The zero-order chi connectivity index (χ0) is 15.4. The standard InChI is InChI=1S/C16H14N2O4/c19-11-4-1-8(5-12(11)20)7-17-18-15(21)13-9-2-3-10(6-9)14(13)16(18)22/h1-5,7,9-10,13-14,19-20H,6H2/b17-7+/t9-,10+,13+,14-. The zero-order valence-electron chi connectivity index (χ0n) is 11.6. The van der Waals surface area contributed by atoms with E-state index in [0.29, 0.717) is 5.56 Å². The van der Waals surface area contributed by atoms with Gasteiger partial charge in [0.15, 0.2) is 11.5 Å². The molecule has 2 fully saturated rings. The van der Waals surface area contributed by atoms with E-state index in [1.54, 1.807) is 0 Å².